The summed E-state index contributed by atoms with van der Waals surface area (Å²) in [6, 6.07) is 3.57. The molecule has 0 N–H and O–H groups in total. The lowest BCUT2D eigenvalue weighted by Gasteiger charge is -2.47. The van der Waals surface area contributed by atoms with Crippen molar-refractivity contribution in [3.8, 4) is 0 Å². The number of hydrogen-bond acceptors (Lipinski definition) is 5. The second-order valence-corrected chi connectivity index (χ2v) is 8.59. The van der Waals surface area contributed by atoms with Gasteiger partial charge in [0.1, 0.15) is 0 Å². The average molecular weight is 348 g/mol. The van der Waals surface area contributed by atoms with Gasteiger partial charge in [-0.2, -0.15) is 0 Å². The minimum atomic E-state index is 0.121. The van der Waals surface area contributed by atoms with E-state index in [9.17, 15) is 4.79 Å². The van der Waals surface area contributed by atoms with Crippen LogP contribution in [0.2, 0.25) is 0 Å². The van der Waals surface area contributed by atoms with E-state index < -0.39 is 0 Å². The molecule has 1 amide bonds. The van der Waals surface area contributed by atoms with Gasteiger partial charge in [0.15, 0.2) is 0 Å². The van der Waals surface area contributed by atoms with Gasteiger partial charge < -0.3 is 14.4 Å². The fourth-order valence-electron chi connectivity index (χ4n) is 3.79. The van der Waals surface area contributed by atoms with Crippen LogP contribution in [0.3, 0.4) is 0 Å². The van der Waals surface area contributed by atoms with Crippen molar-refractivity contribution in [1.82, 2.24) is 9.88 Å². The van der Waals surface area contributed by atoms with Gasteiger partial charge in [-0.3, -0.25) is 9.78 Å². The molecule has 0 aliphatic carbocycles. The van der Waals surface area contributed by atoms with Crippen LogP contribution in [0.15, 0.2) is 24.5 Å². The maximum Gasteiger partial charge on any atom is 0.254 e. The first-order valence-electron chi connectivity index (χ1n) is 8.77. The first kappa shape index (κ1) is 16.4. The fraction of sp³-hybridized carbons (Fsp3) is 0.667. The highest BCUT2D eigenvalue weighted by molar-refractivity contribution is 8.01. The van der Waals surface area contributed by atoms with E-state index in [1.165, 1.54) is 0 Å². The Kier molecular flexibility index (Phi) is 4.79. The molecule has 1 spiro atoms. The molecule has 4 heterocycles. The van der Waals surface area contributed by atoms with E-state index in [1.54, 1.807) is 24.5 Å². The molecule has 3 fully saturated rings. The molecule has 3 aliphatic rings. The van der Waals surface area contributed by atoms with Crippen molar-refractivity contribution in [3.05, 3.63) is 30.1 Å². The Bertz CT molecular complexity index is 571. The highest BCUT2D eigenvalue weighted by Crippen LogP contribution is 2.46. The number of amides is 1. The van der Waals surface area contributed by atoms with Crippen LogP contribution in [0.1, 0.15) is 29.6 Å². The fourth-order valence-corrected chi connectivity index (χ4v) is 5.34. The van der Waals surface area contributed by atoms with Gasteiger partial charge in [-0.15, -0.1) is 11.8 Å². The normalized spacial score (nSPS) is 26.5. The van der Waals surface area contributed by atoms with Crippen LogP contribution < -0.4 is 0 Å². The number of hydrogen-bond donors (Lipinski definition) is 0. The van der Waals surface area contributed by atoms with E-state index in [0.717, 1.165) is 63.5 Å². The quantitative estimate of drug-likeness (QED) is 0.835. The minimum absolute atomic E-state index is 0.121. The van der Waals surface area contributed by atoms with Crippen molar-refractivity contribution in [3.63, 3.8) is 0 Å². The van der Waals surface area contributed by atoms with Crippen molar-refractivity contribution in [2.45, 2.75) is 30.1 Å². The van der Waals surface area contributed by atoms with Gasteiger partial charge in [-0.1, -0.05) is 0 Å². The highest BCUT2D eigenvalue weighted by atomic mass is 32.2. The zero-order chi connectivity index (χ0) is 16.4. The molecule has 1 aromatic rings. The molecule has 0 saturated carbocycles. The Hall–Kier alpha value is -1.11. The molecular formula is C18H24N2O3S. The summed E-state index contributed by atoms with van der Waals surface area (Å²) in [5.74, 6) is 1.84. The van der Waals surface area contributed by atoms with Crippen molar-refractivity contribution in [2.75, 3.05) is 38.7 Å². The van der Waals surface area contributed by atoms with Crippen molar-refractivity contribution >= 4 is 17.7 Å². The van der Waals surface area contributed by atoms with Crippen molar-refractivity contribution in [2.24, 2.45) is 5.92 Å². The summed E-state index contributed by atoms with van der Waals surface area (Å²) in [4.78, 5) is 18.3. The van der Waals surface area contributed by atoms with Crippen LogP contribution in [0.25, 0.3) is 0 Å². The summed E-state index contributed by atoms with van der Waals surface area (Å²) in [6.07, 6.45) is 7.01. The van der Waals surface area contributed by atoms with Crippen LogP contribution in [-0.2, 0) is 9.47 Å². The third-order valence-electron chi connectivity index (χ3n) is 5.26. The van der Waals surface area contributed by atoms with Gasteiger partial charge in [0, 0.05) is 56.6 Å². The van der Waals surface area contributed by atoms with Crippen LogP contribution in [0, 0.1) is 5.92 Å². The van der Waals surface area contributed by atoms with Crippen LogP contribution in [0.5, 0.6) is 0 Å². The van der Waals surface area contributed by atoms with Gasteiger partial charge in [-0.05, 0) is 37.3 Å². The lowest BCUT2D eigenvalue weighted by Crippen LogP contribution is -2.60. The average Bonchev–Trinajstić information content (AvgIpc) is 3.04. The number of rotatable bonds is 4. The van der Waals surface area contributed by atoms with Gasteiger partial charge >= 0.3 is 0 Å². The van der Waals surface area contributed by atoms with E-state index in [0.29, 0.717) is 12.0 Å². The Morgan fingerprint density at radius 2 is 2.08 bits per heavy atom. The van der Waals surface area contributed by atoms with E-state index >= 15 is 0 Å². The summed E-state index contributed by atoms with van der Waals surface area (Å²) in [6.45, 7) is 4.31. The smallest absolute Gasteiger partial charge is 0.254 e. The Morgan fingerprint density at radius 3 is 2.83 bits per heavy atom. The summed E-state index contributed by atoms with van der Waals surface area (Å²) < 4.78 is 11.8. The number of carbonyl (C=O) groups excluding carboxylic acids is 1. The molecule has 0 radical (unpaired) electrons. The minimum Gasteiger partial charge on any atom is -0.381 e. The summed E-state index contributed by atoms with van der Waals surface area (Å²) >= 11 is 1.99. The standard InChI is InChI=1S/C18H24N2O3S/c21-17(15-1-5-19-6-2-15)20-12-18(13-20)9-16(11-24-18)23-10-14-3-7-22-8-4-14/h1-2,5-6,14,16H,3-4,7-13H2/t16-/m0/s1. The zero-order valence-electron chi connectivity index (χ0n) is 13.9. The second-order valence-electron chi connectivity index (χ2n) is 7.11. The monoisotopic (exact) mass is 348 g/mol. The molecule has 0 bridgehead atoms. The molecule has 4 rings (SSSR count). The molecule has 130 valence electrons. The Labute approximate surface area is 147 Å². The molecule has 6 heteroatoms. The SMILES string of the molecule is O=C(c1ccncc1)N1CC2(C[C@H](OCC3CCOCC3)CS2)C1. The van der Waals surface area contributed by atoms with Crippen LogP contribution in [0.4, 0.5) is 0 Å². The first-order valence-corrected chi connectivity index (χ1v) is 9.75. The van der Waals surface area contributed by atoms with Gasteiger partial charge in [0.25, 0.3) is 5.91 Å². The lowest BCUT2D eigenvalue weighted by molar-refractivity contribution is -0.0118. The van der Waals surface area contributed by atoms with Gasteiger partial charge in [-0.25, -0.2) is 0 Å². The van der Waals surface area contributed by atoms with Crippen molar-refractivity contribution in [1.29, 1.82) is 0 Å². The van der Waals surface area contributed by atoms with Crippen LogP contribution in [-0.4, -0.2) is 65.3 Å². The van der Waals surface area contributed by atoms with E-state index in [-0.39, 0.29) is 10.7 Å². The first-order chi connectivity index (χ1) is 11.7. The number of pyridine rings is 1. The molecule has 1 atom stereocenters. The maximum absolute atomic E-state index is 12.4. The second kappa shape index (κ2) is 7.02. The number of thioether (sulfide) groups is 1. The summed E-state index contributed by atoms with van der Waals surface area (Å²) in [5, 5.41) is 0. The largest absolute Gasteiger partial charge is 0.381 e. The van der Waals surface area contributed by atoms with Gasteiger partial charge in [0.05, 0.1) is 10.9 Å². The number of aromatic nitrogens is 1. The third kappa shape index (κ3) is 3.46. The molecule has 24 heavy (non-hydrogen) atoms. The molecular weight excluding hydrogens is 324 g/mol. The van der Waals surface area contributed by atoms with E-state index in [1.807, 2.05) is 16.7 Å². The molecule has 0 unspecified atom stereocenters. The number of nitrogens with zero attached hydrogens (tertiary/aromatic N) is 2. The molecule has 3 saturated heterocycles. The molecule has 5 nitrogen and oxygen atoms in total. The van der Waals surface area contributed by atoms with Crippen molar-refractivity contribution < 1.29 is 14.3 Å². The predicted molar refractivity (Wildman–Crippen MR) is 93.2 cm³/mol. The maximum atomic E-state index is 12.4. The molecule has 0 aromatic carbocycles. The number of ether oxygens (including phenoxy) is 2. The Balaban J connectivity index is 1.23. The van der Waals surface area contributed by atoms with E-state index in [2.05, 4.69) is 4.98 Å². The summed E-state index contributed by atoms with van der Waals surface area (Å²) in [7, 11) is 0. The van der Waals surface area contributed by atoms with Gasteiger partial charge in [0.2, 0.25) is 0 Å². The molecule has 3 aliphatic heterocycles. The number of likely N-dealkylation sites (tertiary alicyclic amines) is 1. The Morgan fingerprint density at radius 1 is 1.33 bits per heavy atom. The lowest BCUT2D eigenvalue weighted by atomic mass is 9.92. The molecule has 1 aromatic heterocycles. The van der Waals surface area contributed by atoms with E-state index in [4.69, 9.17) is 9.47 Å². The summed E-state index contributed by atoms with van der Waals surface area (Å²) in [5.41, 5.74) is 0.732. The zero-order valence-corrected chi connectivity index (χ0v) is 14.7. The highest BCUT2D eigenvalue weighted by Gasteiger charge is 2.51. The predicted octanol–water partition coefficient (Wildman–Crippen LogP) is 2.22. The number of carbonyl (C=O) groups is 1. The third-order valence-corrected chi connectivity index (χ3v) is 6.83. The van der Waals surface area contributed by atoms with Crippen LogP contribution >= 0.6 is 11.8 Å². The topological polar surface area (TPSA) is 51.7 Å².